The summed E-state index contributed by atoms with van der Waals surface area (Å²) in [7, 11) is -1.41. The van der Waals surface area contributed by atoms with Gasteiger partial charge in [-0.25, -0.2) is 0 Å². The standard InChI is InChI=1S/C18H12Br2.C12H9I.C6H5BBr2O2/c19-17-10-16(11-18(20)12-17)15-8-6-14(7-9-15)13-4-2-1-3-5-13;13-12-8-6-11(7-9-12)10-4-2-1-3-5-10;8-5-1-4(7(10)11)2-6(9)3-5/h1-12H;1-9H;1-3,10-11H. The highest BCUT2D eigenvalue weighted by Crippen LogP contribution is 2.29. The van der Waals surface area contributed by atoms with Crippen molar-refractivity contribution in [3.8, 4) is 33.4 Å². The first-order chi connectivity index (χ1) is 21.2. The third-order valence-electron chi connectivity index (χ3n) is 6.32. The summed E-state index contributed by atoms with van der Waals surface area (Å²) >= 11 is 15.8. The molecule has 0 aliphatic carbocycles. The van der Waals surface area contributed by atoms with Crippen molar-refractivity contribution in [3.05, 3.63) is 167 Å². The van der Waals surface area contributed by atoms with Crippen LogP contribution < -0.4 is 5.46 Å². The Morgan fingerprint density at radius 3 is 1.09 bits per heavy atom. The van der Waals surface area contributed by atoms with Gasteiger partial charge in [-0.3, -0.25) is 0 Å². The monoisotopic (exact) mass is 944 g/mol. The maximum Gasteiger partial charge on any atom is 0.488 e. The zero-order valence-corrected chi connectivity index (χ0v) is 31.7. The predicted octanol–water partition coefficient (Wildman–Crippen LogP) is 11.4. The van der Waals surface area contributed by atoms with Crippen molar-refractivity contribution in [2.45, 2.75) is 0 Å². The molecule has 0 saturated heterocycles. The second-order valence-corrected chi connectivity index (χ2v) is 14.5. The first kappa shape index (κ1) is 34.8. The maximum atomic E-state index is 8.79. The molecule has 0 atom stereocenters. The van der Waals surface area contributed by atoms with Crippen LogP contribution in [0.25, 0.3) is 33.4 Å². The molecule has 6 aromatic carbocycles. The molecule has 44 heavy (non-hydrogen) atoms. The highest BCUT2D eigenvalue weighted by atomic mass is 127. The van der Waals surface area contributed by atoms with Crippen molar-refractivity contribution in [2.24, 2.45) is 0 Å². The van der Waals surface area contributed by atoms with Crippen molar-refractivity contribution < 1.29 is 10.0 Å². The zero-order valence-electron chi connectivity index (χ0n) is 23.2. The molecule has 0 radical (unpaired) electrons. The molecule has 6 rings (SSSR count). The number of rotatable bonds is 4. The summed E-state index contributed by atoms with van der Waals surface area (Å²) < 4.78 is 5.06. The molecule has 8 heteroatoms. The lowest BCUT2D eigenvalue weighted by Crippen LogP contribution is -2.29. The van der Waals surface area contributed by atoms with Gasteiger partial charge >= 0.3 is 7.12 Å². The minimum Gasteiger partial charge on any atom is -0.423 e. The van der Waals surface area contributed by atoms with Gasteiger partial charge in [0, 0.05) is 21.5 Å². The molecule has 220 valence electrons. The lowest BCUT2D eigenvalue weighted by molar-refractivity contribution is 0.425. The molecule has 0 saturated carbocycles. The SMILES string of the molecule is Brc1cc(Br)cc(-c2ccc(-c3ccccc3)cc2)c1.Ic1ccc(-c2ccccc2)cc1.OB(O)c1cc(Br)cc(Br)c1. The molecule has 2 nitrogen and oxygen atoms in total. The number of hydrogen-bond donors (Lipinski definition) is 2. The minimum absolute atomic E-state index is 0.464. The third-order valence-corrected chi connectivity index (χ3v) is 8.87. The molecule has 0 bridgehead atoms. The molecular weight excluding hydrogens is 922 g/mol. The highest BCUT2D eigenvalue weighted by molar-refractivity contribution is 14.1. The van der Waals surface area contributed by atoms with Gasteiger partial charge in [0.05, 0.1) is 0 Å². The molecule has 0 aliphatic rings. The number of benzene rings is 6. The van der Waals surface area contributed by atoms with E-state index in [0.717, 1.165) is 17.9 Å². The van der Waals surface area contributed by atoms with Crippen LogP contribution in [0, 0.1) is 3.57 Å². The lowest BCUT2D eigenvalue weighted by atomic mass is 9.81. The van der Waals surface area contributed by atoms with Crippen LogP contribution in [0.5, 0.6) is 0 Å². The average molecular weight is 948 g/mol. The van der Waals surface area contributed by atoms with E-state index in [1.54, 1.807) is 12.1 Å². The summed E-state index contributed by atoms with van der Waals surface area (Å²) in [5.41, 5.74) is 7.92. The van der Waals surface area contributed by atoms with Gasteiger partial charge in [-0.15, -0.1) is 0 Å². The topological polar surface area (TPSA) is 40.5 Å². The first-order valence-electron chi connectivity index (χ1n) is 13.4. The second-order valence-electron chi connectivity index (χ2n) is 9.55. The van der Waals surface area contributed by atoms with Crippen LogP contribution in [0.3, 0.4) is 0 Å². The van der Waals surface area contributed by atoms with Crippen LogP contribution in [0.15, 0.2) is 163 Å². The Morgan fingerprint density at radius 1 is 0.386 bits per heavy atom. The Balaban J connectivity index is 0.000000160. The molecule has 0 amide bonds. The van der Waals surface area contributed by atoms with E-state index in [9.17, 15) is 0 Å². The van der Waals surface area contributed by atoms with Crippen molar-refractivity contribution in [3.63, 3.8) is 0 Å². The quantitative estimate of drug-likeness (QED) is 0.137. The fourth-order valence-electron chi connectivity index (χ4n) is 4.20. The van der Waals surface area contributed by atoms with E-state index in [2.05, 4.69) is 196 Å². The third kappa shape index (κ3) is 11.1. The Bertz CT molecular complexity index is 1730. The summed E-state index contributed by atoms with van der Waals surface area (Å²) in [4.78, 5) is 0. The number of hydrogen-bond acceptors (Lipinski definition) is 2. The first-order valence-corrected chi connectivity index (χ1v) is 17.7. The minimum atomic E-state index is -1.41. The van der Waals surface area contributed by atoms with Crippen LogP contribution in [0.1, 0.15) is 0 Å². The predicted molar refractivity (Wildman–Crippen MR) is 209 cm³/mol. The van der Waals surface area contributed by atoms with Gasteiger partial charge in [0.15, 0.2) is 0 Å². The van der Waals surface area contributed by atoms with E-state index in [-0.39, 0.29) is 0 Å². The molecular formula is C36H26BBr4IO2. The molecule has 0 aromatic heterocycles. The van der Waals surface area contributed by atoms with Gasteiger partial charge in [0.1, 0.15) is 0 Å². The van der Waals surface area contributed by atoms with Gasteiger partial charge in [0.25, 0.3) is 0 Å². The Morgan fingerprint density at radius 2 is 0.705 bits per heavy atom. The van der Waals surface area contributed by atoms with Gasteiger partial charge in [0.2, 0.25) is 0 Å². The number of halogens is 5. The van der Waals surface area contributed by atoms with Crippen molar-refractivity contribution in [1.29, 1.82) is 0 Å². The van der Waals surface area contributed by atoms with Gasteiger partial charge < -0.3 is 10.0 Å². The summed E-state index contributed by atoms with van der Waals surface area (Å²) in [5, 5.41) is 17.6. The zero-order chi connectivity index (χ0) is 31.5. The molecule has 6 aromatic rings. The van der Waals surface area contributed by atoms with E-state index >= 15 is 0 Å². The summed E-state index contributed by atoms with van der Waals surface area (Å²) in [6.07, 6.45) is 0. The molecule has 0 unspecified atom stereocenters. The van der Waals surface area contributed by atoms with Gasteiger partial charge in [-0.2, -0.15) is 0 Å². The Labute approximate surface area is 306 Å². The van der Waals surface area contributed by atoms with Crippen molar-refractivity contribution in [2.75, 3.05) is 0 Å². The van der Waals surface area contributed by atoms with E-state index in [0.29, 0.717) is 5.46 Å². The van der Waals surface area contributed by atoms with Crippen LogP contribution in [0.2, 0.25) is 0 Å². The van der Waals surface area contributed by atoms with E-state index in [4.69, 9.17) is 10.0 Å². The molecule has 0 aliphatic heterocycles. The molecule has 0 spiro atoms. The smallest absolute Gasteiger partial charge is 0.423 e. The highest BCUT2D eigenvalue weighted by Gasteiger charge is 2.11. The fraction of sp³-hybridized carbons (Fsp3) is 0. The van der Waals surface area contributed by atoms with Gasteiger partial charge in [-0.1, -0.05) is 161 Å². The summed E-state index contributed by atoms with van der Waals surface area (Å²) in [5.74, 6) is 0. The summed E-state index contributed by atoms with van der Waals surface area (Å²) in [6.45, 7) is 0. The summed E-state index contributed by atoms with van der Waals surface area (Å²) in [6, 6.07) is 49.5. The molecule has 0 fully saturated rings. The van der Waals surface area contributed by atoms with Gasteiger partial charge in [-0.05, 0) is 110 Å². The van der Waals surface area contributed by atoms with E-state index in [1.165, 1.54) is 37.0 Å². The van der Waals surface area contributed by atoms with Crippen molar-refractivity contribution in [1.82, 2.24) is 0 Å². The normalized spacial score (nSPS) is 10.2. The van der Waals surface area contributed by atoms with Crippen LogP contribution in [-0.2, 0) is 0 Å². The maximum absolute atomic E-state index is 8.79. The molecule has 2 N–H and O–H groups in total. The van der Waals surface area contributed by atoms with Crippen LogP contribution in [-0.4, -0.2) is 17.2 Å². The average Bonchev–Trinajstić information content (AvgIpc) is 3.02. The van der Waals surface area contributed by atoms with Crippen molar-refractivity contribution >= 4 is 98.9 Å². The largest absolute Gasteiger partial charge is 0.488 e. The molecule has 0 heterocycles. The van der Waals surface area contributed by atoms with Crippen LogP contribution >= 0.6 is 86.3 Å². The second kappa shape index (κ2) is 17.6. The Kier molecular flexibility index (Phi) is 13.9. The lowest BCUT2D eigenvalue weighted by Gasteiger charge is -2.06. The Hall–Kier alpha value is -2.05. The van der Waals surface area contributed by atoms with E-state index < -0.39 is 7.12 Å². The van der Waals surface area contributed by atoms with Crippen LogP contribution in [0.4, 0.5) is 0 Å². The van der Waals surface area contributed by atoms with E-state index in [1.807, 2.05) is 24.3 Å². The fourth-order valence-corrected chi connectivity index (χ4v) is 7.19.